The molecule has 2 heteroatoms. The van der Waals surface area contributed by atoms with Crippen LogP contribution in [0.15, 0.2) is 36.9 Å². The number of benzene rings is 1. The number of aliphatic hydroxyl groups excluding tert-OH is 1. The lowest BCUT2D eigenvalue weighted by molar-refractivity contribution is 0.174. The molecule has 0 spiro atoms. The van der Waals surface area contributed by atoms with Crippen molar-refractivity contribution in [3.05, 3.63) is 42.5 Å². The molecule has 0 aliphatic carbocycles. The van der Waals surface area contributed by atoms with Gasteiger partial charge in [-0.15, -0.1) is 6.58 Å². The van der Waals surface area contributed by atoms with Gasteiger partial charge < -0.3 is 9.84 Å². The Morgan fingerprint density at radius 2 is 2.20 bits per heavy atom. The zero-order valence-corrected chi connectivity index (χ0v) is 9.15. The molecule has 82 valence electrons. The Bertz CT molecular complexity index is 307. The third-order valence-electron chi connectivity index (χ3n) is 2.13. The highest BCUT2D eigenvalue weighted by Crippen LogP contribution is 2.27. The first kappa shape index (κ1) is 11.8. The van der Waals surface area contributed by atoms with E-state index >= 15 is 0 Å². The zero-order chi connectivity index (χ0) is 11.1. The van der Waals surface area contributed by atoms with Crippen molar-refractivity contribution in [2.24, 2.45) is 0 Å². The first-order chi connectivity index (χ1) is 7.29. The van der Waals surface area contributed by atoms with Crippen molar-refractivity contribution < 1.29 is 9.84 Å². The van der Waals surface area contributed by atoms with E-state index in [4.69, 9.17) is 4.74 Å². The maximum absolute atomic E-state index is 9.85. The molecule has 1 unspecified atom stereocenters. The monoisotopic (exact) mass is 206 g/mol. The Morgan fingerprint density at radius 1 is 1.47 bits per heavy atom. The van der Waals surface area contributed by atoms with Crippen LogP contribution in [0.25, 0.3) is 0 Å². The van der Waals surface area contributed by atoms with E-state index in [1.54, 1.807) is 6.08 Å². The lowest BCUT2D eigenvalue weighted by Crippen LogP contribution is -2.02. The molecule has 0 aliphatic rings. The van der Waals surface area contributed by atoms with Crippen molar-refractivity contribution in [1.82, 2.24) is 0 Å². The van der Waals surface area contributed by atoms with Crippen LogP contribution < -0.4 is 4.74 Å². The topological polar surface area (TPSA) is 29.5 Å². The summed E-state index contributed by atoms with van der Waals surface area (Å²) in [6.07, 6.45) is 2.70. The maximum Gasteiger partial charge on any atom is 0.125 e. The van der Waals surface area contributed by atoms with Gasteiger partial charge in [-0.3, -0.25) is 0 Å². The van der Waals surface area contributed by atoms with Gasteiger partial charge in [0.1, 0.15) is 5.75 Å². The fourth-order valence-electron chi connectivity index (χ4n) is 1.38. The van der Waals surface area contributed by atoms with Crippen molar-refractivity contribution in [3.63, 3.8) is 0 Å². The van der Waals surface area contributed by atoms with E-state index in [-0.39, 0.29) is 0 Å². The van der Waals surface area contributed by atoms with E-state index in [2.05, 4.69) is 13.5 Å². The summed E-state index contributed by atoms with van der Waals surface area (Å²) < 4.78 is 5.56. The molecule has 0 saturated carbocycles. The van der Waals surface area contributed by atoms with Crippen LogP contribution in [0.1, 0.15) is 31.4 Å². The van der Waals surface area contributed by atoms with Crippen LogP contribution in [0.2, 0.25) is 0 Å². The second kappa shape index (κ2) is 6.25. The molecule has 0 amide bonds. The number of para-hydroxylation sites is 1. The van der Waals surface area contributed by atoms with Crippen LogP contribution in [-0.4, -0.2) is 11.7 Å². The summed E-state index contributed by atoms with van der Waals surface area (Å²) in [5, 5.41) is 9.85. The molecule has 0 bridgehead atoms. The molecule has 0 fully saturated rings. The molecular formula is C13H18O2. The molecule has 0 saturated heterocycles. The van der Waals surface area contributed by atoms with Crippen molar-refractivity contribution in [3.8, 4) is 5.75 Å². The highest BCUT2D eigenvalue weighted by molar-refractivity contribution is 5.35. The summed E-state index contributed by atoms with van der Waals surface area (Å²) in [5.74, 6) is 0.772. The molecule has 0 radical (unpaired) electrons. The predicted octanol–water partition coefficient (Wildman–Crippen LogP) is 3.08. The van der Waals surface area contributed by atoms with Gasteiger partial charge in [0.15, 0.2) is 0 Å². The molecule has 0 aliphatic heterocycles. The van der Waals surface area contributed by atoms with E-state index in [0.717, 1.165) is 17.7 Å². The Hall–Kier alpha value is -1.28. The Balaban J connectivity index is 2.80. The minimum absolute atomic E-state index is 0.518. The van der Waals surface area contributed by atoms with Gasteiger partial charge in [0.2, 0.25) is 0 Å². The third-order valence-corrected chi connectivity index (χ3v) is 2.13. The highest BCUT2D eigenvalue weighted by atomic mass is 16.5. The summed E-state index contributed by atoms with van der Waals surface area (Å²) in [5.41, 5.74) is 0.839. The van der Waals surface area contributed by atoms with E-state index < -0.39 is 6.10 Å². The van der Waals surface area contributed by atoms with Gasteiger partial charge in [-0.05, 0) is 18.9 Å². The van der Waals surface area contributed by atoms with E-state index in [0.29, 0.717) is 13.0 Å². The van der Waals surface area contributed by atoms with Crippen molar-refractivity contribution in [1.29, 1.82) is 0 Å². The minimum Gasteiger partial charge on any atom is -0.493 e. The van der Waals surface area contributed by atoms with Gasteiger partial charge in [0.25, 0.3) is 0 Å². The molecule has 1 aromatic carbocycles. The second-order valence-electron chi connectivity index (χ2n) is 3.43. The van der Waals surface area contributed by atoms with Crippen molar-refractivity contribution >= 4 is 0 Å². The molecule has 1 aromatic rings. The van der Waals surface area contributed by atoms with Gasteiger partial charge in [-0.1, -0.05) is 31.2 Å². The first-order valence-electron chi connectivity index (χ1n) is 5.30. The number of rotatable bonds is 6. The number of hydrogen-bond donors (Lipinski definition) is 1. The zero-order valence-electron chi connectivity index (χ0n) is 9.15. The molecule has 15 heavy (non-hydrogen) atoms. The molecule has 2 nitrogen and oxygen atoms in total. The average Bonchev–Trinajstić information content (AvgIpc) is 2.27. The Morgan fingerprint density at radius 3 is 2.87 bits per heavy atom. The Labute approximate surface area is 91.2 Å². The minimum atomic E-state index is -0.518. The lowest BCUT2D eigenvalue weighted by Gasteiger charge is -2.14. The van der Waals surface area contributed by atoms with Crippen LogP contribution in [0, 0.1) is 0 Å². The van der Waals surface area contributed by atoms with Gasteiger partial charge >= 0.3 is 0 Å². The van der Waals surface area contributed by atoms with E-state index in [1.165, 1.54) is 0 Å². The average molecular weight is 206 g/mol. The van der Waals surface area contributed by atoms with Crippen molar-refractivity contribution in [2.45, 2.75) is 25.9 Å². The van der Waals surface area contributed by atoms with Gasteiger partial charge in [-0.2, -0.15) is 0 Å². The van der Waals surface area contributed by atoms with Crippen LogP contribution in [-0.2, 0) is 0 Å². The van der Waals surface area contributed by atoms with Crippen LogP contribution in [0.3, 0.4) is 0 Å². The quantitative estimate of drug-likeness (QED) is 0.725. The first-order valence-corrected chi connectivity index (χ1v) is 5.30. The molecule has 0 heterocycles. The van der Waals surface area contributed by atoms with Crippen LogP contribution in [0.4, 0.5) is 0 Å². The summed E-state index contributed by atoms with van der Waals surface area (Å²) in [4.78, 5) is 0. The van der Waals surface area contributed by atoms with Crippen LogP contribution in [0.5, 0.6) is 5.75 Å². The molecule has 0 aromatic heterocycles. The van der Waals surface area contributed by atoms with Gasteiger partial charge in [-0.25, -0.2) is 0 Å². The van der Waals surface area contributed by atoms with Crippen molar-refractivity contribution in [2.75, 3.05) is 6.61 Å². The highest BCUT2D eigenvalue weighted by Gasteiger charge is 2.10. The number of ether oxygens (including phenoxy) is 1. The normalized spacial score (nSPS) is 12.1. The maximum atomic E-state index is 9.85. The number of aliphatic hydroxyl groups is 1. The summed E-state index contributed by atoms with van der Waals surface area (Å²) in [6, 6.07) is 7.59. The second-order valence-corrected chi connectivity index (χ2v) is 3.43. The molecule has 1 rings (SSSR count). The van der Waals surface area contributed by atoms with E-state index in [9.17, 15) is 5.11 Å². The molecule has 1 N–H and O–H groups in total. The third kappa shape index (κ3) is 3.40. The standard InChI is InChI=1S/C13H18O2/c1-3-7-12(14)11-8-5-6-9-13(11)15-10-4-2/h3,5-6,8-9,12,14H,1,4,7,10H2,2H3. The molecular weight excluding hydrogens is 188 g/mol. The largest absolute Gasteiger partial charge is 0.493 e. The lowest BCUT2D eigenvalue weighted by atomic mass is 10.1. The predicted molar refractivity (Wildman–Crippen MR) is 62.0 cm³/mol. The number of hydrogen-bond acceptors (Lipinski definition) is 2. The SMILES string of the molecule is C=CCC(O)c1ccccc1OCCC. The van der Waals surface area contributed by atoms with Gasteiger partial charge in [0, 0.05) is 5.56 Å². The summed E-state index contributed by atoms with van der Waals surface area (Å²) in [7, 11) is 0. The smallest absolute Gasteiger partial charge is 0.125 e. The van der Waals surface area contributed by atoms with E-state index in [1.807, 2.05) is 24.3 Å². The summed E-state index contributed by atoms with van der Waals surface area (Å²) in [6.45, 7) is 6.35. The fourth-order valence-corrected chi connectivity index (χ4v) is 1.38. The van der Waals surface area contributed by atoms with Crippen LogP contribution >= 0.6 is 0 Å². The van der Waals surface area contributed by atoms with Gasteiger partial charge in [0.05, 0.1) is 12.7 Å². The Kier molecular flexibility index (Phi) is 4.91. The summed E-state index contributed by atoms with van der Waals surface area (Å²) >= 11 is 0. The molecule has 1 atom stereocenters. The fraction of sp³-hybridized carbons (Fsp3) is 0.385.